The Hall–Kier alpha value is -3.86. The topological polar surface area (TPSA) is 89.0 Å². The predicted molar refractivity (Wildman–Crippen MR) is 132 cm³/mol. The molecule has 0 aliphatic carbocycles. The molecule has 0 aromatic heterocycles. The molecule has 11 heteroatoms. The summed E-state index contributed by atoms with van der Waals surface area (Å²) in [6, 6.07) is 14.9. The van der Waals surface area contributed by atoms with Crippen molar-refractivity contribution in [1.82, 2.24) is 5.43 Å². The fourth-order valence-corrected chi connectivity index (χ4v) is 3.51. The van der Waals surface area contributed by atoms with Crippen LogP contribution in [0.25, 0.3) is 0 Å². The maximum atomic E-state index is 12.6. The number of halogens is 4. The van der Waals surface area contributed by atoms with Gasteiger partial charge in [-0.25, -0.2) is 5.43 Å². The molecule has 188 valence electrons. The van der Waals surface area contributed by atoms with E-state index in [1.54, 1.807) is 12.1 Å². The number of anilines is 1. The summed E-state index contributed by atoms with van der Waals surface area (Å²) in [6.07, 6.45) is -3.21. The molecule has 2 amide bonds. The lowest BCUT2D eigenvalue weighted by molar-refractivity contribution is -0.137. The van der Waals surface area contributed by atoms with Crippen LogP contribution in [-0.4, -0.2) is 25.1 Å². The molecule has 0 fully saturated rings. The Balaban J connectivity index is 1.59. The Morgan fingerprint density at radius 1 is 1.03 bits per heavy atom. The van der Waals surface area contributed by atoms with Gasteiger partial charge >= 0.3 is 18.0 Å². The van der Waals surface area contributed by atoms with Gasteiger partial charge in [0.2, 0.25) is 0 Å². The molecule has 0 atom stereocenters. The minimum absolute atomic E-state index is 0.0297. The number of rotatable bonds is 7. The third kappa shape index (κ3) is 7.32. The van der Waals surface area contributed by atoms with Crippen molar-refractivity contribution in [2.45, 2.75) is 19.7 Å². The van der Waals surface area contributed by atoms with Gasteiger partial charge in [-0.05, 0) is 70.4 Å². The predicted octanol–water partition coefficient (Wildman–Crippen LogP) is 5.45. The molecule has 3 aromatic rings. The van der Waals surface area contributed by atoms with Crippen molar-refractivity contribution in [1.29, 1.82) is 0 Å². The Morgan fingerprint density at radius 3 is 2.31 bits per heavy atom. The zero-order valence-corrected chi connectivity index (χ0v) is 20.7. The zero-order chi connectivity index (χ0) is 26.3. The van der Waals surface area contributed by atoms with Crippen molar-refractivity contribution in [3.8, 4) is 11.5 Å². The Bertz CT molecular complexity index is 1260. The lowest BCUT2D eigenvalue weighted by Gasteiger charge is -2.13. The molecular weight excluding hydrogens is 543 g/mol. The lowest BCUT2D eigenvalue weighted by atomic mass is 10.2. The number of hydrogen-bond donors (Lipinski definition) is 2. The summed E-state index contributed by atoms with van der Waals surface area (Å²) in [7, 11) is 1.48. The van der Waals surface area contributed by atoms with Crippen molar-refractivity contribution in [2.24, 2.45) is 5.10 Å². The molecule has 0 aliphatic heterocycles. The number of nitrogens with one attached hydrogen (secondary N) is 2. The summed E-state index contributed by atoms with van der Waals surface area (Å²) in [5.74, 6) is -1.29. The van der Waals surface area contributed by atoms with E-state index in [4.69, 9.17) is 9.47 Å². The van der Waals surface area contributed by atoms with Gasteiger partial charge in [-0.3, -0.25) is 9.59 Å². The number of methoxy groups -OCH3 is 1. The molecule has 0 radical (unpaired) electrons. The van der Waals surface area contributed by atoms with Crippen molar-refractivity contribution in [2.75, 3.05) is 12.4 Å². The summed E-state index contributed by atoms with van der Waals surface area (Å²) < 4.78 is 49.7. The van der Waals surface area contributed by atoms with Crippen LogP contribution in [-0.2, 0) is 22.4 Å². The Morgan fingerprint density at radius 2 is 1.69 bits per heavy atom. The molecule has 0 saturated heterocycles. The van der Waals surface area contributed by atoms with Crippen molar-refractivity contribution in [3.05, 3.63) is 87.4 Å². The van der Waals surface area contributed by atoms with Crippen LogP contribution in [0.4, 0.5) is 18.9 Å². The number of ether oxygens (including phenoxy) is 2. The molecule has 3 aromatic carbocycles. The smallest absolute Gasteiger partial charge is 0.416 e. The highest BCUT2D eigenvalue weighted by atomic mass is 79.9. The summed E-state index contributed by atoms with van der Waals surface area (Å²) in [5, 5.41) is 5.95. The second-order valence-corrected chi connectivity index (χ2v) is 8.39. The SMILES string of the molecule is COc1cc(/C=N/NC(=O)C(=O)Nc2ccc(C(F)(F)F)cc2)cc(Br)c1OCc1ccc(C)cc1. The fraction of sp³-hybridized carbons (Fsp3) is 0.160. The maximum absolute atomic E-state index is 12.6. The van der Waals surface area contributed by atoms with Crippen molar-refractivity contribution in [3.63, 3.8) is 0 Å². The number of nitrogens with zero attached hydrogens (tertiary/aromatic N) is 1. The van der Waals surface area contributed by atoms with E-state index >= 15 is 0 Å². The first-order valence-corrected chi connectivity index (χ1v) is 11.2. The molecule has 0 unspecified atom stereocenters. The van der Waals surface area contributed by atoms with Gasteiger partial charge < -0.3 is 14.8 Å². The number of carbonyl (C=O) groups excluding carboxylic acids is 2. The molecule has 7 nitrogen and oxygen atoms in total. The second kappa shape index (κ2) is 11.7. The summed E-state index contributed by atoms with van der Waals surface area (Å²) >= 11 is 3.43. The number of hydrazone groups is 1. The summed E-state index contributed by atoms with van der Waals surface area (Å²) in [4.78, 5) is 24.0. The van der Waals surface area contributed by atoms with Gasteiger partial charge in [0.05, 0.1) is 23.4 Å². The van der Waals surface area contributed by atoms with Gasteiger partial charge in [-0.15, -0.1) is 0 Å². The van der Waals surface area contributed by atoms with Crippen LogP contribution < -0.4 is 20.2 Å². The summed E-state index contributed by atoms with van der Waals surface area (Å²) in [5.41, 5.74) is 3.88. The molecule has 2 N–H and O–H groups in total. The van der Waals surface area contributed by atoms with Crippen molar-refractivity contribution >= 4 is 39.6 Å². The van der Waals surface area contributed by atoms with E-state index in [9.17, 15) is 22.8 Å². The van der Waals surface area contributed by atoms with Crippen LogP contribution in [0.2, 0.25) is 0 Å². The second-order valence-electron chi connectivity index (χ2n) is 7.54. The monoisotopic (exact) mass is 563 g/mol. The van der Waals surface area contributed by atoms with E-state index in [1.807, 2.05) is 31.2 Å². The molecule has 36 heavy (non-hydrogen) atoms. The quantitative estimate of drug-likeness (QED) is 0.227. The maximum Gasteiger partial charge on any atom is 0.416 e. The summed E-state index contributed by atoms with van der Waals surface area (Å²) in [6.45, 7) is 2.32. The van der Waals surface area contributed by atoms with Gasteiger partial charge in [0.15, 0.2) is 11.5 Å². The van der Waals surface area contributed by atoms with Gasteiger partial charge in [-0.2, -0.15) is 18.3 Å². The molecule has 0 spiro atoms. The van der Waals surface area contributed by atoms with E-state index in [2.05, 4.69) is 31.8 Å². The number of benzene rings is 3. The number of amides is 2. The average molecular weight is 564 g/mol. The van der Waals surface area contributed by atoms with Gasteiger partial charge in [0.1, 0.15) is 6.61 Å². The van der Waals surface area contributed by atoms with Crippen LogP contribution in [0.15, 0.2) is 70.2 Å². The van der Waals surface area contributed by atoms with E-state index in [-0.39, 0.29) is 5.69 Å². The average Bonchev–Trinajstić information content (AvgIpc) is 2.83. The molecule has 0 aliphatic rings. The van der Waals surface area contributed by atoms with Crippen molar-refractivity contribution < 1.29 is 32.2 Å². The van der Waals surface area contributed by atoms with E-state index < -0.39 is 23.6 Å². The van der Waals surface area contributed by atoms with Crippen LogP contribution in [0, 0.1) is 6.92 Å². The van der Waals surface area contributed by atoms with Crippen LogP contribution in [0.1, 0.15) is 22.3 Å². The minimum atomic E-state index is -4.50. The third-order valence-corrected chi connectivity index (χ3v) is 5.40. The normalized spacial score (nSPS) is 11.3. The van der Waals surface area contributed by atoms with E-state index in [0.29, 0.717) is 28.1 Å². The molecule has 0 heterocycles. The zero-order valence-electron chi connectivity index (χ0n) is 19.2. The Kier molecular flexibility index (Phi) is 8.70. The first-order valence-electron chi connectivity index (χ1n) is 10.4. The number of hydrogen-bond acceptors (Lipinski definition) is 5. The van der Waals surface area contributed by atoms with Gasteiger partial charge in [-0.1, -0.05) is 29.8 Å². The van der Waals surface area contributed by atoms with Crippen LogP contribution in [0.3, 0.4) is 0 Å². The first-order chi connectivity index (χ1) is 17.1. The molecule has 3 rings (SSSR count). The molecular formula is C25H21BrF3N3O4. The largest absolute Gasteiger partial charge is 0.493 e. The number of alkyl halides is 3. The standard InChI is InChI=1S/C25H21BrF3N3O4/c1-15-3-5-16(6-4-15)14-36-22-20(26)11-17(12-21(22)35-2)13-30-32-24(34)23(33)31-19-9-7-18(8-10-19)25(27,28)29/h3-13H,14H2,1-2H3,(H,31,33)(H,32,34)/b30-13+. The number of aryl methyl sites for hydroxylation is 1. The van der Waals surface area contributed by atoms with E-state index in [0.717, 1.165) is 35.4 Å². The lowest BCUT2D eigenvalue weighted by Crippen LogP contribution is -2.32. The highest BCUT2D eigenvalue weighted by Gasteiger charge is 2.30. The van der Waals surface area contributed by atoms with Crippen LogP contribution in [0.5, 0.6) is 11.5 Å². The highest BCUT2D eigenvalue weighted by molar-refractivity contribution is 9.10. The molecule has 0 bridgehead atoms. The third-order valence-electron chi connectivity index (χ3n) is 4.81. The van der Waals surface area contributed by atoms with Crippen LogP contribution >= 0.6 is 15.9 Å². The van der Waals surface area contributed by atoms with E-state index in [1.165, 1.54) is 13.3 Å². The fourth-order valence-electron chi connectivity index (χ4n) is 2.94. The van der Waals surface area contributed by atoms with Gasteiger partial charge in [0, 0.05) is 5.69 Å². The number of carbonyl (C=O) groups is 2. The van der Waals surface area contributed by atoms with Gasteiger partial charge in [0.25, 0.3) is 0 Å². The first kappa shape index (κ1) is 26.7. The minimum Gasteiger partial charge on any atom is -0.493 e. The highest BCUT2D eigenvalue weighted by Crippen LogP contribution is 2.37. The molecule has 0 saturated carbocycles. The Labute approximate surface area is 213 Å².